The van der Waals surface area contributed by atoms with Crippen molar-refractivity contribution in [3.63, 3.8) is 0 Å². The number of rotatable bonds is 3. The van der Waals surface area contributed by atoms with E-state index >= 15 is 0 Å². The quantitative estimate of drug-likeness (QED) is 0.470. The number of fused-ring (bicyclic) bond motifs is 1. The standard InChI is InChI=1S/C22H34O4/c1-5-20(3)14(2)8-10-21(4)17(20)9-11-22(13-26-22)18(21)7-6-15-16(23)12-25-19(15)24/h6,14,16-18,23H,5,7-13H2,1-4H3/b15-6+/t14-,16-,17?,18?,20-,21+,22?/m1/s1. The Hall–Kier alpha value is -0.870. The molecule has 2 saturated carbocycles. The molecule has 0 amide bonds. The van der Waals surface area contributed by atoms with Gasteiger partial charge in [0.1, 0.15) is 12.7 Å². The Morgan fingerprint density at radius 2 is 2.00 bits per heavy atom. The molecule has 0 bridgehead atoms. The second-order valence-corrected chi connectivity index (χ2v) is 9.81. The smallest absolute Gasteiger partial charge is 0.336 e. The number of hydrogen-bond donors (Lipinski definition) is 1. The number of carbonyl (C=O) groups excluding carboxylic acids is 1. The predicted octanol–water partition coefficient (Wildman–Crippen LogP) is 3.87. The maximum absolute atomic E-state index is 11.9. The molecule has 1 N–H and O–H groups in total. The summed E-state index contributed by atoms with van der Waals surface area (Å²) in [6, 6.07) is 0. The minimum absolute atomic E-state index is 0.00496. The van der Waals surface area contributed by atoms with E-state index in [2.05, 4.69) is 27.7 Å². The van der Waals surface area contributed by atoms with Gasteiger partial charge in [-0.25, -0.2) is 4.79 Å². The van der Waals surface area contributed by atoms with Crippen molar-refractivity contribution in [2.45, 2.75) is 77.9 Å². The minimum atomic E-state index is -0.766. The van der Waals surface area contributed by atoms with Crippen molar-refractivity contribution in [2.75, 3.05) is 13.2 Å². The summed E-state index contributed by atoms with van der Waals surface area (Å²) < 4.78 is 11.0. The van der Waals surface area contributed by atoms with E-state index in [4.69, 9.17) is 9.47 Å². The summed E-state index contributed by atoms with van der Waals surface area (Å²) >= 11 is 0. The molecular formula is C22H34O4. The molecule has 0 aromatic heterocycles. The first-order valence-electron chi connectivity index (χ1n) is 10.5. The zero-order chi connectivity index (χ0) is 18.7. The van der Waals surface area contributed by atoms with Crippen molar-refractivity contribution in [3.05, 3.63) is 11.6 Å². The van der Waals surface area contributed by atoms with E-state index in [0.29, 0.717) is 22.8 Å². The Morgan fingerprint density at radius 1 is 1.27 bits per heavy atom. The van der Waals surface area contributed by atoms with Crippen molar-refractivity contribution in [2.24, 2.45) is 28.6 Å². The monoisotopic (exact) mass is 362 g/mol. The third kappa shape index (κ3) is 2.51. The number of aliphatic hydroxyl groups excluding tert-OH is 1. The first-order chi connectivity index (χ1) is 12.3. The fraction of sp³-hybridized carbons (Fsp3) is 0.864. The summed E-state index contributed by atoms with van der Waals surface area (Å²) in [5.74, 6) is 1.52. The van der Waals surface area contributed by atoms with Gasteiger partial charge >= 0.3 is 5.97 Å². The number of hydrogen-bond acceptors (Lipinski definition) is 4. The number of esters is 1. The minimum Gasteiger partial charge on any atom is -0.459 e. The Bertz CT molecular complexity index is 622. The van der Waals surface area contributed by atoms with Crippen LogP contribution in [0.15, 0.2) is 11.6 Å². The van der Waals surface area contributed by atoms with Gasteiger partial charge in [-0.2, -0.15) is 0 Å². The fourth-order valence-corrected chi connectivity index (χ4v) is 6.81. The molecule has 1 spiro atoms. The summed E-state index contributed by atoms with van der Waals surface area (Å²) in [6.45, 7) is 10.7. The Labute approximate surface area is 157 Å². The summed E-state index contributed by atoms with van der Waals surface area (Å²) in [7, 11) is 0. The van der Waals surface area contributed by atoms with Gasteiger partial charge in [-0.1, -0.05) is 40.2 Å². The molecule has 0 aromatic rings. The second-order valence-electron chi connectivity index (χ2n) is 9.81. The van der Waals surface area contributed by atoms with Gasteiger partial charge < -0.3 is 14.6 Å². The molecule has 7 atom stereocenters. The molecule has 146 valence electrons. The van der Waals surface area contributed by atoms with Crippen molar-refractivity contribution in [1.82, 2.24) is 0 Å². The van der Waals surface area contributed by atoms with Gasteiger partial charge in [0.15, 0.2) is 0 Å². The van der Waals surface area contributed by atoms with Gasteiger partial charge in [0.05, 0.1) is 17.8 Å². The van der Waals surface area contributed by atoms with E-state index in [0.717, 1.165) is 25.4 Å². The van der Waals surface area contributed by atoms with E-state index in [1.807, 2.05) is 6.08 Å². The maximum Gasteiger partial charge on any atom is 0.336 e. The van der Waals surface area contributed by atoms with Crippen LogP contribution in [-0.4, -0.2) is 36.0 Å². The van der Waals surface area contributed by atoms with Crippen LogP contribution in [0.5, 0.6) is 0 Å². The molecule has 0 aromatic carbocycles. The van der Waals surface area contributed by atoms with Crippen molar-refractivity contribution >= 4 is 5.97 Å². The highest BCUT2D eigenvalue weighted by Crippen LogP contribution is 2.68. The molecule has 4 heteroatoms. The lowest BCUT2D eigenvalue weighted by molar-refractivity contribution is -0.136. The Balaban J connectivity index is 1.66. The molecule has 0 radical (unpaired) electrons. The van der Waals surface area contributed by atoms with E-state index in [1.165, 1.54) is 25.7 Å². The Morgan fingerprint density at radius 3 is 2.58 bits per heavy atom. The maximum atomic E-state index is 11.9. The van der Waals surface area contributed by atoms with E-state index < -0.39 is 6.10 Å². The van der Waals surface area contributed by atoms with Crippen LogP contribution in [0.3, 0.4) is 0 Å². The van der Waals surface area contributed by atoms with Crippen LogP contribution in [-0.2, 0) is 14.3 Å². The van der Waals surface area contributed by atoms with Crippen LogP contribution in [0, 0.1) is 28.6 Å². The van der Waals surface area contributed by atoms with Gasteiger partial charge in [-0.15, -0.1) is 0 Å². The second kappa shape index (κ2) is 6.07. The van der Waals surface area contributed by atoms with Crippen LogP contribution < -0.4 is 0 Å². The molecule has 4 rings (SSSR count). The molecular weight excluding hydrogens is 328 g/mol. The van der Waals surface area contributed by atoms with Crippen molar-refractivity contribution in [3.8, 4) is 0 Å². The van der Waals surface area contributed by atoms with E-state index in [9.17, 15) is 9.90 Å². The van der Waals surface area contributed by atoms with Gasteiger partial charge in [0.2, 0.25) is 0 Å². The van der Waals surface area contributed by atoms with Gasteiger partial charge in [-0.05, 0) is 60.7 Å². The average molecular weight is 363 g/mol. The molecule has 4 aliphatic rings. The first-order valence-corrected chi connectivity index (χ1v) is 10.5. The summed E-state index contributed by atoms with van der Waals surface area (Å²) in [6.07, 6.45) is 8.12. The van der Waals surface area contributed by atoms with Crippen LogP contribution in [0.4, 0.5) is 0 Å². The fourth-order valence-electron chi connectivity index (χ4n) is 6.81. The average Bonchev–Trinajstić information content (AvgIpc) is 3.31. The summed E-state index contributed by atoms with van der Waals surface area (Å²) in [4.78, 5) is 11.9. The van der Waals surface area contributed by atoms with E-state index in [1.54, 1.807) is 0 Å². The summed E-state index contributed by atoms with van der Waals surface area (Å²) in [5.41, 5.74) is 1.07. The Kier molecular flexibility index (Phi) is 4.31. The normalized spacial score (nSPS) is 52.2. The molecule has 4 nitrogen and oxygen atoms in total. The molecule has 2 aliphatic carbocycles. The van der Waals surface area contributed by atoms with Crippen LogP contribution in [0.2, 0.25) is 0 Å². The van der Waals surface area contributed by atoms with Gasteiger partial charge in [-0.3, -0.25) is 0 Å². The summed E-state index contributed by atoms with van der Waals surface area (Å²) in [5, 5.41) is 10.0. The lowest BCUT2D eigenvalue weighted by atomic mass is 9.43. The molecule has 2 heterocycles. The van der Waals surface area contributed by atoms with Crippen LogP contribution >= 0.6 is 0 Å². The SMILES string of the molecule is CC[C@@]1(C)C2CCC3(CO3)C(C/C=C3/C(=O)OC[C@H]3O)[C@@]2(C)CC[C@H]1C. The van der Waals surface area contributed by atoms with Crippen molar-refractivity contribution < 1.29 is 19.4 Å². The van der Waals surface area contributed by atoms with Crippen molar-refractivity contribution in [1.29, 1.82) is 0 Å². The topological polar surface area (TPSA) is 59.1 Å². The number of allylic oxidation sites excluding steroid dienone is 1. The third-order valence-corrected chi connectivity index (χ3v) is 8.94. The zero-order valence-corrected chi connectivity index (χ0v) is 16.7. The zero-order valence-electron chi connectivity index (χ0n) is 16.7. The molecule has 4 fully saturated rings. The molecule has 26 heavy (non-hydrogen) atoms. The van der Waals surface area contributed by atoms with Crippen LogP contribution in [0.1, 0.15) is 66.2 Å². The molecule has 3 unspecified atom stereocenters. The highest BCUT2D eigenvalue weighted by atomic mass is 16.6. The highest BCUT2D eigenvalue weighted by molar-refractivity contribution is 5.91. The number of ether oxygens (including phenoxy) is 2. The number of cyclic esters (lactones) is 1. The lowest BCUT2D eigenvalue weighted by Crippen LogP contribution is -2.57. The van der Waals surface area contributed by atoms with Gasteiger partial charge in [0.25, 0.3) is 0 Å². The largest absolute Gasteiger partial charge is 0.459 e. The van der Waals surface area contributed by atoms with Gasteiger partial charge in [0, 0.05) is 0 Å². The molecule has 2 aliphatic heterocycles. The third-order valence-electron chi connectivity index (χ3n) is 8.94. The molecule has 2 saturated heterocycles. The number of carbonyl (C=O) groups is 1. The highest BCUT2D eigenvalue weighted by Gasteiger charge is 2.66. The first kappa shape index (κ1) is 18.5. The van der Waals surface area contributed by atoms with E-state index in [-0.39, 0.29) is 23.6 Å². The number of aliphatic hydroxyl groups is 1. The predicted molar refractivity (Wildman–Crippen MR) is 99.5 cm³/mol. The lowest BCUT2D eigenvalue weighted by Gasteiger charge is -2.62. The number of epoxide rings is 1. The van der Waals surface area contributed by atoms with Crippen LogP contribution in [0.25, 0.3) is 0 Å².